The molecule has 0 spiro atoms. The molecule has 1 aliphatic rings. The third kappa shape index (κ3) is 4.28. The first kappa shape index (κ1) is 14.9. The van der Waals surface area contributed by atoms with Crippen molar-refractivity contribution < 1.29 is 4.79 Å². The predicted octanol–water partition coefficient (Wildman–Crippen LogP) is -0.448. The fourth-order valence-electron chi connectivity index (χ4n) is 2.18. The van der Waals surface area contributed by atoms with Crippen LogP contribution in [0.5, 0.6) is 0 Å². The molecule has 2 rings (SSSR count). The van der Waals surface area contributed by atoms with E-state index in [2.05, 4.69) is 34.5 Å². The lowest BCUT2D eigenvalue weighted by Gasteiger charge is -2.32. The highest BCUT2D eigenvalue weighted by molar-refractivity contribution is 5.76. The molecule has 1 fully saturated rings. The number of hydrogen-bond acceptors (Lipinski definition) is 5. The number of rotatable bonds is 6. The summed E-state index contributed by atoms with van der Waals surface area (Å²) in [4.78, 5) is 16.3. The van der Waals surface area contributed by atoms with Crippen LogP contribution in [0.3, 0.4) is 0 Å². The van der Waals surface area contributed by atoms with Crippen molar-refractivity contribution in [1.82, 2.24) is 30.1 Å². The van der Waals surface area contributed by atoms with Gasteiger partial charge in [-0.15, -0.1) is 5.10 Å². The Bertz CT molecular complexity index is 424. The second-order valence-electron chi connectivity index (χ2n) is 5.27. The number of carbonyl (C=O) groups excluding carboxylic acids is 1. The number of amides is 1. The molecule has 1 amide bonds. The lowest BCUT2D eigenvalue weighted by Crippen LogP contribution is -2.48. The van der Waals surface area contributed by atoms with Crippen molar-refractivity contribution in [2.75, 3.05) is 39.8 Å². The van der Waals surface area contributed by atoms with E-state index >= 15 is 0 Å². The van der Waals surface area contributed by atoms with E-state index in [1.807, 2.05) is 11.1 Å². The SMILES string of the molecule is CCCNCc1cn(CC(=O)N2CCN(C)CC2)nn1. The summed E-state index contributed by atoms with van der Waals surface area (Å²) >= 11 is 0. The van der Waals surface area contributed by atoms with Crippen molar-refractivity contribution in [2.45, 2.75) is 26.4 Å². The second-order valence-corrected chi connectivity index (χ2v) is 5.27. The van der Waals surface area contributed by atoms with Gasteiger partial charge in [0, 0.05) is 32.7 Å². The lowest BCUT2D eigenvalue weighted by molar-refractivity contribution is -0.133. The molecule has 7 nitrogen and oxygen atoms in total. The highest BCUT2D eigenvalue weighted by Crippen LogP contribution is 2.01. The first-order valence-electron chi connectivity index (χ1n) is 7.25. The maximum atomic E-state index is 12.1. The molecule has 0 atom stereocenters. The zero-order valence-corrected chi connectivity index (χ0v) is 12.4. The minimum atomic E-state index is 0.121. The molecule has 0 aromatic carbocycles. The first-order chi connectivity index (χ1) is 9.69. The molecule has 0 radical (unpaired) electrons. The van der Waals surface area contributed by atoms with Crippen LogP contribution in [-0.2, 0) is 17.9 Å². The van der Waals surface area contributed by atoms with Crippen LogP contribution in [0.15, 0.2) is 6.20 Å². The highest BCUT2D eigenvalue weighted by atomic mass is 16.2. The van der Waals surface area contributed by atoms with E-state index < -0.39 is 0 Å². The van der Waals surface area contributed by atoms with Crippen LogP contribution in [0.4, 0.5) is 0 Å². The number of likely N-dealkylation sites (N-methyl/N-ethyl adjacent to an activating group) is 1. The Hall–Kier alpha value is -1.47. The smallest absolute Gasteiger partial charge is 0.244 e. The Morgan fingerprint density at radius 3 is 2.80 bits per heavy atom. The van der Waals surface area contributed by atoms with Crippen LogP contribution < -0.4 is 5.32 Å². The van der Waals surface area contributed by atoms with Gasteiger partial charge in [-0.3, -0.25) is 4.79 Å². The Kier molecular flexibility index (Phi) is 5.49. The van der Waals surface area contributed by atoms with E-state index in [1.54, 1.807) is 4.68 Å². The Morgan fingerprint density at radius 2 is 2.10 bits per heavy atom. The molecular weight excluding hydrogens is 256 g/mol. The summed E-state index contributed by atoms with van der Waals surface area (Å²) in [5.74, 6) is 0.121. The van der Waals surface area contributed by atoms with E-state index in [0.29, 0.717) is 6.54 Å². The van der Waals surface area contributed by atoms with Gasteiger partial charge < -0.3 is 15.1 Å². The van der Waals surface area contributed by atoms with Gasteiger partial charge in [0.25, 0.3) is 0 Å². The van der Waals surface area contributed by atoms with Gasteiger partial charge in [0.15, 0.2) is 0 Å². The van der Waals surface area contributed by atoms with E-state index in [4.69, 9.17) is 0 Å². The standard InChI is InChI=1S/C13H24N6O/c1-3-4-14-9-12-10-19(16-15-12)11-13(20)18-7-5-17(2)6-8-18/h10,14H,3-9,11H2,1-2H3. The van der Waals surface area contributed by atoms with Crippen LogP contribution >= 0.6 is 0 Å². The Balaban J connectivity index is 1.79. The molecule has 0 saturated carbocycles. The van der Waals surface area contributed by atoms with Gasteiger partial charge in [-0.1, -0.05) is 12.1 Å². The van der Waals surface area contributed by atoms with E-state index in [0.717, 1.165) is 44.8 Å². The number of piperazine rings is 1. The molecule has 1 aromatic heterocycles. The summed E-state index contributed by atoms with van der Waals surface area (Å²) in [6.45, 7) is 7.56. The van der Waals surface area contributed by atoms with E-state index in [1.165, 1.54) is 0 Å². The third-order valence-electron chi connectivity index (χ3n) is 3.47. The Morgan fingerprint density at radius 1 is 1.35 bits per heavy atom. The fourth-order valence-corrected chi connectivity index (χ4v) is 2.18. The topological polar surface area (TPSA) is 66.3 Å². The van der Waals surface area contributed by atoms with Gasteiger partial charge in [0.2, 0.25) is 5.91 Å². The minimum Gasteiger partial charge on any atom is -0.339 e. The number of nitrogens with zero attached hydrogens (tertiary/aromatic N) is 5. The van der Waals surface area contributed by atoms with Crippen LogP contribution in [0.1, 0.15) is 19.0 Å². The van der Waals surface area contributed by atoms with Gasteiger partial charge in [0.05, 0.1) is 11.9 Å². The summed E-state index contributed by atoms with van der Waals surface area (Å²) in [7, 11) is 2.08. The molecule has 112 valence electrons. The van der Waals surface area contributed by atoms with Crippen LogP contribution in [-0.4, -0.2) is 70.5 Å². The van der Waals surface area contributed by atoms with Gasteiger partial charge >= 0.3 is 0 Å². The van der Waals surface area contributed by atoms with E-state index in [-0.39, 0.29) is 12.5 Å². The minimum absolute atomic E-state index is 0.121. The predicted molar refractivity (Wildman–Crippen MR) is 76.1 cm³/mol. The molecule has 1 saturated heterocycles. The molecule has 1 N–H and O–H groups in total. The molecule has 0 bridgehead atoms. The van der Waals surface area contributed by atoms with Crippen molar-refractivity contribution in [2.24, 2.45) is 0 Å². The van der Waals surface area contributed by atoms with Crippen molar-refractivity contribution in [1.29, 1.82) is 0 Å². The zero-order chi connectivity index (χ0) is 14.4. The van der Waals surface area contributed by atoms with Crippen LogP contribution in [0.2, 0.25) is 0 Å². The second kappa shape index (κ2) is 7.35. The molecule has 0 aliphatic carbocycles. The normalized spacial score (nSPS) is 16.6. The molecule has 7 heteroatoms. The average molecular weight is 280 g/mol. The van der Waals surface area contributed by atoms with Crippen molar-refractivity contribution in [3.05, 3.63) is 11.9 Å². The quantitative estimate of drug-likeness (QED) is 0.715. The summed E-state index contributed by atoms with van der Waals surface area (Å²) < 4.78 is 1.63. The fraction of sp³-hybridized carbons (Fsp3) is 0.769. The number of hydrogen-bond donors (Lipinski definition) is 1. The van der Waals surface area contributed by atoms with Crippen LogP contribution in [0.25, 0.3) is 0 Å². The largest absolute Gasteiger partial charge is 0.339 e. The zero-order valence-electron chi connectivity index (χ0n) is 12.4. The van der Waals surface area contributed by atoms with Crippen LogP contribution in [0, 0.1) is 0 Å². The molecule has 20 heavy (non-hydrogen) atoms. The van der Waals surface area contributed by atoms with Gasteiger partial charge in [-0.2, -0.15) is 0 Å². The molecular formula is C13H24N6O. The molecule has 2 heterocycles. The molecule has 1 aliphatic heterocycles. The number of aromatic nitrogens is 3. The maximum absolute atomic E-state index is 12.1. The van der Waals surface area contributed by atoms with Crippen molar-refractivity contribution in [3.63, 3.8) is 0 Å². The van der Waals surface area contributed by atoms with Crippen molar-refractivity contribution in [3.8, 4) is 0 Å². The summed E-state index contributed by atoms with van der Waals surface area (Å²) in [5, 5.41) is 11.4. The lowest BCUT2D eigenvalue weighted by atomic mass is 10.3. The Labute approximate surface area is 119 Å². The summed E-state index contributed by atoms with van der Waals surface area (Å²) in [5.41, 5.74) is 0.879. The summed E-state index contributed by atoms with van der Waals surface area (Å²) in [6, 6.07) is 0. The molecule has 1 aromatic rings. The maximum Gasteiger partial charge on any atom is 0.244 e. The van der Waals surface area contributed by atoms with Crippen molar-refractivity contribution >= 4 is 5.91 Å². The third-order valence-corrected chi connectivity index (χ3v) is 3.47. The summed E-state index contributed by atoms with van der Waals surface area (Å²) in [6.07, 6.45) is 2.94. The van der Waals surface area contributed by atoms with Gasteiger partial charge in [-0.25, -0.2) is 4.68 Å². The molecule has 0 unspecified atom stereocenters. The highest BCUT2D eigenvalue weighted by Gasteiger charge is 2.19. The van der Waals surface area contributed by atoms with Gasteiger partial charge in [-0.05, 0) is 20.0 Å². The monoisotopic (exact) mass is 280 g/mol. The first-order valence-corrected chi connectivity index (χ1v) is 7.25. The average Bonchev–Trinajstić information content (AvgIpc) is 2.87. The number of nitrogens with one attached hydrogen (secondary N) is 1. The number of carbonyl (C=O) groups is 1. The van der Waals surface area contributed by atoms with Gasteiger partial charge in [0.1, 0.15) is 6.54 Å². The van der Waals surface area contributed by atoms with E-state index in [9.17, 15) is 4.79 Å².